The molecule has 1 aromatic heterocycles. The lowest BCUT2D eigenvalue weighted by molar-refractivity contribution is 0.250. The smallest absolute Gasteiger partial charge is 0.321 e. The van der Waals surface area contributed by atoms with Crippen molar-refractivity contribution in [3.8, 4) is 11.3 Å². The van der Waals surface area contributed by atoms with E-state index in [4.69, 9.17) is 0 Å². The average molecular weight is 303 g/mol. The number of hydrogen-bond donors (Lipinski definition) is 2. The highest BCUT2D eigenvalue weighted by molar-refractivity contribution is 7.14. The zero-order chi connectivity index (χ0) is 15.4. The second-order valence-corrected chi connectivity index (χ2v) is 6.43. The molecule has 0 unspecified atom stereocenters. The third-order valence-corrected chi connectivity index (χ3v) is 3.78. The molecule has 0 spiro atoms. The van der Waals surface area contributed by atoms with Crippen LogP contribution in [0, 0.1) is 0 Å². The Hall–Kier alpha value is -1.88. The second-order valence-electron chi connectivity index (χ2n) is 5.57. The molecule has 0 atom stereocenters. The summed E-state index contributed by atoms with van der Waals surface area (Å²) in [4.78, 5) is 16.1. The van der Waals surface area contributed by atoms with E-state index in [0.29, 0.717) is 11.0 Å². The molecule has 0 fully saturated rings. The van der Waals surface area contributed by atoms with Crippen LogP contribution in [0.15, 0.2) is 29.6 Å². The zero-order valence-corrected chi connectivity index (χ0v) is 13.6. The van der Waals surface area contributed by atoms with Crippen molar-refractivity contribution < 1.29 is 4.79 Å². The maximum Gasteiger partial charge on any atom is 0.321 e. The molecule has 0 bridgehead atoms. The van der Waals surface area contributed by atoms with Crippen LogP contribution >= 0.6 is 11.3 Å². The lowest BCUT2D eigenvalue weighted by Gasteiger charge is -2.07. The van der Waals surface area contributed by atoms with Gasteiger partial charge in [-0.2, -0.15) is 0 Å². The number of hydrogen-bond acceptors (Lipinski definition) is 3. The van der Waals surface area contributed by atoms with Gasteiger partial charge in [-0.15, -0.1) is 11.3 Å². The highest BCUT2D eigenvalue weighted by atomic mass is 32.1. The molecule has 21 heavy (non-hydrogen) atoms. The van der Waals surface area contributed by atoms with E-state index in [-0.39, 0.29) is 12.1 Å². The summed E-state index contributed by atoms with van der Waals surface area (Å²) in [5.74, 6) is 0.520. The Balaban J connectivity index is 2.07. The molecule has 1 aromatic carbocycles. The lowest BCUT2D eigenvalue weighted by atomic mass is 10.0. The van der Waals surface area contributed by atoms with Crippen LogP contribution in [0.25, 0.3) is 11.3 Å². The fourth-order valence-electron chi connectivity index (χ4n) is 1.90. The molecular formula is C16H21N3OS. The molecule has 4 nitrogen and oxygen atoms in total. The van der Waals surface area contributed by atoms with Crippen molar-refractivity contribution in [2.45, 2.75) is 39.7 Å². The van der Waals surface area contributed by atoms with E-state index in [2.05, 4.69) is 53.7 Å². The van der Waals surface area contributed by atoms with Crippen molar-refractivity contribution in [3.63, 3.8) is 0 Å². The molecule has 0 aliphatic rings. The summed E-state index contributed by atoms with van der Waals surface area (Å²) in [5.41, 5.74) is 3.26. The van der Waals surface area contributed by atoms with E-state index in [0.717, 1.165) is 11.3 Å². The van der Waals surface area contributed by atoms with Gasteiger partial charge in [0.25, 0.3) is 0 Å². The Morgan fingerprint density at radius 2 is 1.81 bits per heavy atom. The number of benzene rings is 1. The van der Waals surface area contributed by atoms with Crippen LogP contribution in [0.4, 0.5) is 9.93 Å². The number of rotatable bonds is 4. The molecule has 0 aliphatic heterocycles. The monoisotopic (exact) mass is 303 g/mol. The summed E-state index contributed by atoms with van der Waals surface area (Å²) in [7, 11) is 0. The van der Waals surface area contributed by atoms with Crippen LogP contribution in [0.5, 0.6) is 0 Å². The van der Waals surface area contributed by atoms with Gasteiger partial charge in [-0.25, -0.2) is 9.78 Å². The maximum absolute atomic E-state index is 11.6. The van der Waals surface area contributed by atoms with Crippen molar-refractivity contribution in [1.82, 2.24) is 10.3 Å². The molecular weight excluding hydrogens is 282 g/mol. The number of carbonyl (C=O) groups is 1. The Morgan fingerprint density at radius 3 is 2.38 bits per heavy atom. The topological polar surface area (TPSA) is 54.0 Å². The van der Waals surface area contributed by atoms with Crippen molar-refractivity contribution in [2.75, 3.05) is 5.32 Å². The zero-order valence-electron chi connectivity index (χ0n) is 12.8. The molecule has 0 saturated carbocycles. The third-order valence-electron chi connectivity index (χ3n) is 3.02. The predicted octanol–water partition coefficient (Wildman–Crippen LogP) is 4.46. The predicted molar refractivity (Wildman–Crippen MR) is 88.9 cm³/mol. The number of thiazole rings is 1. The molecule has 0 saturated heterocycles. The Labute approximate surface area is 129 Å². The van der Waals surface area contributed by atoms with Crippen molar-refractivity contribution >= 4 is 22.5 Å². The van der Waals surface area contributed by atoms with Gasteiger partial charge in [0.15, 0.2) is 5.13 Å². The number of nitrogens with one attached hydrogen (secondary N) is 2. The number of carbonyl (C=O) groups excluding carboxylic acids is 1. The SMILES string of the molecule is CC(C)NC(=O)Nc1nc(-c2ccc(C(C)C)cc2)cs1. The summed E-state index contributed by atoms with van der Waals surface area (Å²) in [6.45, 7) is 8.19. The van der Waals surface area contributed by atoms with Gasteiger partial charge in [0.2, 0.25) is 0 Å². The number of aromatic nitrogens is 1. The van der Waals surface area contributed by atoms with Crippen LogP contribution in [0.3, 0.4) is 0 Å². The lowest BCUT2D eigenvalue weighted by Crippen LogP contribution is -2.34. The van der Waals surface area contributed by atoms with E-state index >= 15 is 0 Å². The highest BCUT2D eigenvalue weighted by Crippen LogP contribution is 2.26. The van der Waals surface area contributed by atoms with Crippen LogP contribution in [-0.4, -0.2) is 17.1 Å². The molecule has 0 radical (unpaired) electrons. The van der Waals surface area contributed by atoms with Crippen molar-refractivity contribution in [1.29, 1.82) is 0 Å². The Kier molecular flexibility index (Phi) is 4.96. The minimum absolute atomic E-state index is 0.105. The standard InChI is InChI=1S/C16H21N3OS/c1-10(2)12-5-7-13(8-6-12)14-9-21-16(18-14)19-15(20)17-11(3)4/h5-11H,1-4H3,(H2,17,18,19,20). The van der Waals surface area contributed by atoms with Gasteiger partial charge in [-0.05, 0) is 25.3 Å². The van der Waals surface area contributed by atoms with Crippen LogP contribution in [0.1, 0.15) is 39.2 Å². The van der Waals surface area contributed by atoms with E-state index in [1.165, 1.54) is 16.9 Å². The summed E-state index contributed by atoms with van der Waals surface area (Å²) >= 11 is 1.43. The molecule has 5 heteroatoms. The van der Waals surface area contributed by atoms with Gasteiger partial charge in [0.1, 0.15) is 0 Å². The first-order valence-electron chi connectivity index (χ1n) is 7.09. The summed E-state index contributed by atoms with van der Waals surface area (Å²) in [5, 5.41) is 8.09. The van der Waals surface area contributed by atoms with Gasteiger partial charge in [0, 0.05) is 17.0 Å². The first-order chi connectivity index (χ1) is 9.95. The number of nitrogens with zero attached hydrogens (tertiary/aromatic N) is 1. The second kappa shape index (κ2) is 6.72. The summed E-state index contributed by atoms with van der Waals surface area (Å²) in [6.07, 6.45) is 0. The number of urea groups is 1. The van der Waals surface area contributed by atoms with Gasteiger partial charge in [-0.1, -0.05) is 38.1 Å². The van der Waals surface area contributed by atoms with Gasteiger partial charge < -0.3 is 5.32 Å². The number of amides is 2. The van der Waals surface area contributed by atoms with Crippen LogP contribution in [0.2, 0.25) is 0 Å². The number of anilines is 1. The van der Waals surface area contributed by atoms with E-state index in [1.54, 1.807) is 0 Å². The fraction of sp³-hybridized carbons (Fsp3) is 0.375. The Morgan fingerprint density at radius 1 is 1.14 bits per heavy atom. The minimum atomic E-state index is -0.221. The maximum atomic E-state index is 11.6. The first-order valence-corrected chi connectivity index (χ1v) is 7.97. The van der Waals surface area contributed by atoms with E-state index < -0.39 is 0 Å². The largest absolute Gasteiger partial charge is 0.336 e. The van der Waals surface area contributed by atoms with Gasteiger partial charge in [-0.3, -0.25) is 5.32 Å². The summed E-state index contributed by atoms with van der Waals surface area (Å²) < 4.78 is 0. The van der Waals surface area contributed by atoms with E-state index in [1.807, 2.05) is 19.2 Å². The quantitative estimate of drug-likeness (QED) is 0.876. The minimum Gasteiger partial charge on any atom is -0.336 e. The third kappa shape index (κ3) is 4.29. The molecule has 2 aromatic rings. The normalized spacial score (nSPS) is 11.0. The average Bonchev–Trinajstić information content (AvgIpc) is 2.86. The van der Waals surface area contributed by atoms with Gasteiger partial charge >= 0.3 is 6.03 Å². The molecule has 2 N–H and O–H groups in total. The van der Waals surface area contributed by atoms with Crippen LogP contribution in [-0.2, 0) is 0 Å². The molecule has 112 valence electrons. The first kappa shape index (κ1) is 15.5. The molecule has 2 rings (SSSR count). The molecule has 0 aliphatic carbocycles. The van der Waals surface area contributed by atoms with Crippen molar-refractivity contribution in [2.24, 2.45) is 0 Å². The van der Waals surface area contributed by atoms with Crippen molar-refractivity contribution in [3.05, 3.63) is 35.2 Å². The molecule has 1 heterocycles. The van der Waals surface area contributed by atoms with Gasteiger partial charge in [0.05, 0.1) is 5.69 Å². The van der Waals surface area contributed by atoms with E-state index in [9.17, 15) is 4.79 Å². The fourth-order valence-corrected chi connectivity index (χ4v) is 2.61. The Bertz CT molecular complexity index is 602. The highest BCUT2D eigenvalue weighted by Gasteiger charge is 2.09. The molecule has 2 amide bonds. The van der Waals surface area contributed by atoms with Crippen LogP contribution < -0.4 is 10.6 Å². The summed E-state index contributed by atoms with van der Waals surface area (Å²) in [6, 6.07) is 8.27.